The second kappa shape index (κ2) is 6.60. The molecule has 0 unspecified atom stereocenters. The fourth-order valence-corrected chi connectivity index (χ4v) is 2.34. The molecule has 1 N–H and O–H groups in total. The van der Waals surface area contributed by atoms with E-state index in [2.05, 4.69) is 17.2 Å². The molecule has 0 aliphatic heterocycles. The molecule has 1 aromatic carbocycles. The first-order valence-corrected chi connectivity index (χ1v) is 7.90. The van der Waals surface area contributed by atoms with Gasteiger partial charge in [-0.25, -0.2) is 8.42 Å². The average molecular weight is 300 g/mol. The quantitative estimate of drug-likeness (QED) is 0.526. The number of carbonyl (C=O) groups is 1. The first-order valence-electron chi connectivity index (χ1n) is 5.59. The van der Waals surface area contributed by atoms with E-state index >= 15 is 0 Å². The van der Waals surface area contributed by atoms with Crippen LogP contribution in [0.25, 0.3) is 0 Å². The molecule has 0 bridgehead atoms. The molecule has 0 spiro atoms. The van der Waals surface area contributed by atoms with Crippen LogP contribution >= 0.6 is 10.7 Å². The maximum absolute atomic E-state index is 11.8. The van der Waals surface area contributed by atoms with Crippen LogP contribution in [0, 0.1) is 18.8 Å². The predicted octanol–water partition coefficient (Wildman–Crippen LogP) is 2.07. The van der Waals surface area contributed by atoms with Crippen LogP contribution in [0.2, 0.25) is 0 Å². The van der Waals surface area contributed by atoms with Crippen LogP contribution in [-0.4, -0.2) is 20.9 Å². The summed E-state index contributed by atoms with van der Waals surface area (Å²) in [7, 11) is 1.47. The van der Waals surface area contributed by atoms with E-state index in [1.807, 2.05) is 0 Å². The Hall–Kier alpha value is -1.51. The Morgan fingerprint density at radius 1 is 1.42 bits per heavy atom. The molecular weight excluding hydrogens is 286 g/mol. The highest BCUT2D eigenvalue weighted by molar-refractivity contribution is 8.13. The van der Waals surface area contributed by atoms with Crippen molar-refractivity contribution in [1.82, 2.24) is 5.32 Å². The molecule has 0 aliphatic carbocycles. The third kappa shape index (κ3) is 4.58. The Bertz CT molecular complexity index is 642. The lowest BCUT2D eigenvalue weighted by atomic mass is 10.1. The molecule has 0 saturated heterocycles. The molecule has 0 atom stereocenters. The fourth-order valence-electron chi connectivity index (χ4n) is 1.50. The molecule has 1 rings (SSSR count). The minimum Gasteiger partial charge on any atom is -0.351 e. The predicted molar refractivity (Wildman–Crippen MR) is 74.6 cm³/mol. The van der Waals surface area contributed by atoms with E-state index in [1.54, 1.807) is 13.8 Å². The van der Waals surface area contributed by atoms with Crippen molar-refractivity contribution in [2.24, 2.45) is 0 Å². The summed E-state index contributed by atoms with van der Waals surface area (Å²) in [6.07, 6.45) is 0.579. The summed E-state index contributed by atoms with van der Waals surface area (Å²) in [5, 5.41) is 2.71. The van der Waals surface area contributed by atoms with Gasteiger partial charge in [0.15, 0.2) is 0 Å². The number of halogens is 1. The number of carbonyl (C=O) groups excluding carboxylic acids is 1. The maximum atomic E-state index is 11.8. The van der Waals surface area contributed by atoms with Crippen molar-refractivity contribution in [2.45, 2.75) is 25.2 Å². The van der Waals surface area contributed by atoms with Gasteiger partial charge in [-0.05, 0) is 37.6 Å². The summed E-state index contributed by atoms with van der Waals surface area (Å²) in [6, 6.07) is 4.14. The number of aryl methyl sites for hydroxylation is 1. The van der Waals surface area contributed by atoms with Gasteiger partial charge in [0.25, 0.3) is 15.0 Å². The Morgan fingerprint density at radius 2 is 2.11 bits per heavy atom. The molecule has 0 heterocycles. The number of nitrogens with one attached hydrogen (secondary N) is 1. The number of amides is 1. The summed E-state index contributed by atoms with van der Waals surface area (Å²) in [6.45, 7) is 3.85. The third-order valence-electron chi connectivity index (χ3n) is 2.44. The van der Waals surface area contributed by atoms with Gasteiger partial charge in [0.1, 0.15) is 0 Å². The van der Waals surface area contributed by atoms with Gasteiger partial charge in [-0.3, -0.25) is 4.79 Å². The van der Waals surface area contributed by atoms with Crippen molar-refractivity contribution in [3.05, 3.63) is 29.3 Å². The van der Waals surface area contributed by atoms with E-state index in [0.717, 1.165) is 0 Å². The minimum absolute atomic E-state index is 0.0138. The maximum Gasteiger partial charge on any atom is 0.261 e. The molecule has 0 radical (unpaired) electrons. The second-order valence-corrected chi connectivity index (χ2v) is 6.41. The van der Waals surface area contributed by atoms with Gasteiger partial charge in [0, 0.05) is 29.2 Å². The van der Waals surface area contributed by atoms with Crippen LogP contribution in [-0.2, 0) is 9.05 Å². The van der Waals surface area contributed by atoms with Gasteiger partial charge in [0.05, 0.1) is 4.90 Å². The highest BCUT2D eigenvalue weighted by atomic mass is 35.7. The Labute approximate surface area is 117 Å². The standard InChI is InChI=1S/C13H14ClNO3S/c1-3-4-5-8-15-13(16)12-7-6-11(9-10(12)2)19(14,17)18/h6-7,9H,5,8H2,1-2H3,(H,15,16). The normalized spacial score (nSPS) is 10.5. The smallest absolute Gasteiger partial charge is 0.261 e. The van der Waals surface area contributed by atoms with E-state index in [4.69, 9.17) is 10.7 Å². The summed E-state index contributed by atoms with van der Waals surface area (Å²) in [5.41, 5.74) is 0.981. The zero-order valence-electron chi connectivity index (χ0n) is 10.7. The van der Waals surface area contributed by atoms with Crippen molar-refractivity contribution in [3.63, 3.8) is 0 Å². The first kappa shape index (κ1) is 15.5. The number of rotatable bonds is 4. The van der Waals surface area contributed by atoms with Gasteiger partial charge in [0.2, 0.25) is 0 Å². The van der Waals surface area contributed by atoms with Gasteiger partial charge < -0.3 is 5.32 Å². The second-order valence-electron chi connectivity index (χ2n) is 3.85. The molecule has 1 amide bonds. The molecule has 102 valence electrons. The van der Waals surface area contributed by atoms with Gasteiger partial charge in [-0.2, -0.15) is 0 Å². The van der Waals surface area contributed by atoms with E-state index in [9.17, 15) is 13.2 Å². The Kier molecular flexibility index (Phi) is 5.40. The third-order valence-corrected chi connectivity index (χ3v) is 3.79. The van der Waals surface area contributed by atoms with Crippen molar-refractivity contribution in [2.75, 3.05) is 6.54 Å². The zero-order chi connectivity index (χ0) is 14.5. The van der Waals surface area contributed by atoms with Crippen molar-refractivity contribution < 1.29 is 13.2 Å². The number of hydrogen-bond acceptors (Lipinski definition) is 3. The fraction of sp³-hybridized carbons (Fsp3) is 0.308. The topological polar surface area (TPSA) is 63.2 Å². The van der Waals surface area contributed by atoms with Crippen LogP contribution in [0.3, 0.4) is 0 Å². The van der Waals surface area contributed by atoms with E-state index in [0.29, 0.717) is 24.1 Å². The monoisotopic (exact) mass is 299 g/mol. The van der Waals surface area contributed by atoms with Crippen molar-refractivity contribution >= 4 is 25.6 Å². The van der Waals surface area contributed by atoms with Crippen LogP contribution in [0.15, 0.2) is 23.1 Å². The Balaban J connectivity index is 2.84. The molecular formula is C13H14ClNO3S. The molecule has 4 nitrogen and oxygen atoms in total. The average Bonchev–Trinajstić information content (AvgIpc) is 2.33. The van der Waals surface area contributed by atoms with Gasteiger partial charge in [-0.15, -0.1) is 11.8 Å². The van der Waals surface area contributed by atoms with Crippen LogP contribution in [0.1, 0.15) is 29.3 Å². The van der Waals surface area contributed by atoms with Crippen LogP contribution in [0.5, 0.6) is 0 Å². The highest BCUT2D eigenvalue weighted by Crippen LogP contribution is 2.18. The minimum atomic E-state index is -3.77. The molecule has 1 aromatic rings. The molecule has 0 aliphatic rings. The van der Waals surface area contributed by atoms with E-state index in [1.165, 1.54) is 18.2 Å². The molecule has 0 fully saturated rings. The molecule has 0 aromatic heterocycles. The Morgan fingerprint density at radius 3 is 2.63 bits per heavy atom. The summed E-state index contributed by atoms with van der Waals surface area (Å²) >= 11 is 0. The summed E-state index contributed by atoms with van der Waals surface area (Å²) in [4.78, 5) is 11.8. The van der Waals surface area contributed by atoms with Gasteiger partial charge >= 0.3 is 0 Å². The molecule has 6 heteroatoms. The van der Waals surface area contributed by atoms with Crippen molar-refractivity contribution in [1.29, 1.82) is 0 Å². The largest absolute Gasteiger partial charge is 0.351 e. The summed E-state index contributed by atoms with van der Waals surface area (Å²) < 4.78 is 22.3. The van der Waals surface area contributed by atoms with E-state index < -0.39 is 9.05 Å². The summed E-state index contributed by atoms with van der Waals surface area (Å²) in [5.74, 6) is 5.32. The highest BCUT2D eigenvalue weighted by Gasteiger charge is 2.14. The van der Waals surface area contributed by atoms with Crippen LogP contribution in [0.4, 0.5) is 0 Å². The first-order chi connectivity index (χ1) is 8.86. The molecule has 19 heavy (non-hydrogen) atoms. The SMILES string of the molecule is CC#CCCNC(=O)c1ccc(S(=O)(=O)Cl)cc1C. The van der Waals surface area contributed by atoms with Crippen molar-refractivity contribution in [3.8, 4) is 11.8 Å². The van der Waals surface area contributed by atoms with Gasteiger partial charge in [-0.1, -0.05) is 0 Å². The number of benzene rings is 1. The van der Waals surface area contributed by atoms with E-state index in [-0.39, 0.29) is 10.8 Å². The lowest BCUT2D eigenvalue weighted by Gasteiger charge is -2.07. The lowest BCUT2D eigenvalue weighted by Crippen LogP contribution is -2.25. The number of hydrogen-bond donors (Lipinski definition) is 1. The lowest BCUT2D eigenvalue weighted by molar-refractivity contribution is 0.0954. The molecule has 0 saturated carbocycles. The van der Waals surface area contributed by atoms with Crippen LogP contribution < -0.4 is 5.32 Å². The zero-order valence-corrected chi connectivity index (χ0v) is 12.2.